The molecule has 1 aromatic rings. The summed E-state index contributed by atoms with van der Waals surface area (Å²) in [6.07, 6.45) is 0.839. The van der Waals surface area contributed by atoms with E-state index in [-0.39, 0.29) is 12.3 Å². The van der Waals surface area contributed by atoms with Gasteiger partial charge in [-0.1, -0.05) is 12.1 Å². The third kappa shape index (κ3) is 3.44. The summed E-state index contributed by atoms with van der Waals surface area (Å²) < 4.78 is 14.4. The van der Waals surface area contributed by atoms with Crippen molar-refractivity contribution >= 4 is 24.1 Å². The molecule has 0 atom stereocenters. The molecule has 0 fully saturated rings. The predicted molar refractivity (Wildman–Crippen MR) is 71.3 cm³/mol. The number of nitrogens with zero attached hydrogens (tertiary/aromatic N) is 1. The molecule has 0 N–H and O–H groups in total. The topological polar surface area (TPSA) is 74.2 Å². The second-order valence-electron chi connectivity index (χ2n) is 3.90. The van der Waals surface area contributed by atoms with E-state index in [2.05, 4.69) is 9.73 Å². The number of hydrogen-bond acceptors (Lipinski definition) is 6. The van der Waals surface area contributed by atoms with Crippen molar-refractivity contribution in [2.75, 3.05) is 6.61 Å². The zero-order chi connectivity index (χ0) is 14.5. The lowest BCUT2D eigenvalue weighted by Crippen LogP contribution is -2.09. The van der Waals surface area contributed by atoms with E-state index in [1.165, 1.54) is 0 Å². The molecule has 0 saturated carbocycles. The number of esters is 1. The second kappa shape index (κ2) is 6.01. The Balaban J connectivity index is 2.07. The average molecular weight is 275 g/mol. The maximum absolute atomic E-state index is 11.4. The van der Waals surface area contributed by atoms with Crippen LogP contribution in [0.3, 0.4) is 0 Å². The fourth-order valence-corrected chi connectivity index (χ4v) is 1.55. The Morgan fingerprint density at radius 2 is 2.05 bits per heavy atom. The molecule has 0 spiro atoms. The molecule has 0 amide bonds. The van der Waals surface area contributed by atoms with Gasteiger partial charge in [-0.05, 0) is 30.7 Å². The summed E-state index contributed by atoms with van der Waals surface area (Å²) >= 11 is 0. The molecule has 20 heavy (non-hydrogen) atoms. The normalized spacial score (nSPS) is 15.8. The number of cyclic esters (lactones) is 1. The maximum Gasteiger partial charge on any atom is 0.513 e. The van der Waals surface area contributed by atoms with Crippen LogP contribution in [-0.4, -0.2) is 24.6 Å². The fraction of sp³-hybridized carbons (Fsp3) is 0.214. The van der Waals surface area contributed by atoms with Crippen LogP contribution in [0, 0.1) is 0 Å². The zero-order valence-corrected chi connectivity index (χ0v) is 11.1. The third-order valence-corrected chi connectivity index (χ3v) is 2.37. The smallest absolute Gasteiger partial charge is 0.434 e. The summed E-state index contributed by atoms with van der Waals surface area (Å²) in [7, 11) is 0. The standard InChI is InChI=1S/C14H13NO5/c1-3-18-14(17)20-11-6-4-10(5-7-11)8-12-13(16)19-9(2)15-12/h4-8H,3H2,1-2H3/b12-8-. The predicted octanol–water partition coefficient (Wildman–Crippen LogP) is 2.54. The number of aliphatic imine (C=N–C) groups is 1. The van der Waals surface area contributed by atoms with Gasteiger partial charge in [-0.15, -0.1) is 0 Å². The van der Waals surface area contributed by atoms with Gasteiger partial charge in [-0.3, -0.25) is 0 Å². The van der Waals surface area contributed by atoms with E-state index in [1.54, 1.807) is 44.2 Å². The number of hydrogen-bond donors (Lipinski definition) is 0. The van der Waals surface area contributed by atoms with Gasteiger partial charge in [0.2, 0.25) is 0 Å². The molecule has 2 rings (SSSR count). The number of rotatable bonds is 3. The van der Waals surface area contributed by atoms with Crippen molar-refractivity contribution in [1.82, 2.24) is 0 Å². The highest BCUT2D eigenvalue weighted by Gasteiger charge is 2.19. The number of benzene rings is 1. The van der Waals surface area contributed by atoms with Gasteiger partial charge < -0.3 is 14.2 Å². The molecule has 6 heteroatoms. The van der Waals surface area contributed by atoms with Gasteiger partial charge in [-0.2, -0.15) is 0 Å². The quantitative estimate of drug-likeness (QED) is 0.481. The molecule has 6 nitrogen and oxygen atoms in total. The fourth-order valence-electron chi connectivity index (χ4n) is 1.55. The Labute approximate surface area is 115 Å². The Kier molecular flexibility index (Phi) is 4.14. The molecule has 0 radical (unpaired) electrons. The van der Waals surface area contributed by atoms with Gasteiger partial charge in [-0.25, -0.2) is 14.6 Å². The Morgan fingerprint density at radius 3 is 2.60 bits per heavy atom. The van der Waals surface area contributed by atoms with E-state index in [1.807, 2.05) is 0 Å². The maximum atomic E-state index is 11.4. The highest BCUT2D eigenvalue weighted by atomic mass is 16.7. The highest BCUT2D eigenvalue weighted by Crippen LogP contribution is 2.18. The average Bonchev–Trinajstić information content (AvgIpc) is 2.70. The van der Waals surface area contributed by atoms with Gasteiger partial charge in [0, 0.05) is 6.92 Å². The molecule has 0 aromatic heterocycles. The van der Waals surface area contributed by atoms with Crippen molar-refractivity contribution in [2.45, 2.75) is 13.8 Å². The molecule has 0 bridgehead atoms. The van der Waals surface area contributed by atoms with E-state index in [4.69, 9.17) is 9.47 Å². The zero-order valence-electron chi connectivity index (χ0n) is 11.1. The van der Waals surface area contributed by atoms with Gasteiger partial charge in [0.15, 0.2) is 11.6 Å². The summed E-state index contributed by atoms with van der Waals surface area (Å²) in [6.45, 7) is 3.55. The van der Waals surface area contributed by atoms with Crippen LogP contribution < -0.4 is 4.74 Å². The summed E-state index contributed by atoms with van der Waals surface area (Å²) in [5, 5.41) is 0. The van der Waals surface area contributed by atoms with Crippen LogP contribution in [0.4, 0.5) is 4.79 Å². The van der Waals surface area contributed by atoms with E-state index in [0.29, 0.717) is 11.6 Å². The molecule has 1 heterocycles. The lowest BCUT2D eigenvalue weighted by Gasteiger charge is -2.03. The Bertz CT molecular complexity index is 586. The lowest BCUT2D eigenvalue weighted by molar-refractivity contribution is -0.130. The summed E-state index contributed by atoms with van der Waals surface area (Å²) in [5.74, 6) is 0.206. The first kappa shape index (κ1) is 13.8. The van der Waals surface area contributed by atoms with Gasteiger partial charge in [0.25, 0.3) is 0 Å². The van der Waals surface area contributed by atoms with Crippen LogP contribution in [0.2, 0.25) is 0 Å². The molecule has 0 saturated heterocycles. The van der Waals surface area contributed by atoms with Crippen LogP contribution in [0.25, 0.3) is 6.08 Å². The number of carbonyl (C=O) groups excluding carboxylic acids is 2. The van der Waals surface area contributed by atoms with Crippen molar-refractivity contribution in [1.29, 1.82) is 0 Å². The molecule has 0 aliphatic carbocycles. The van der Waals surface area contributed by atoms with E-state index >= 15 is 0 Å². The molecule has 1 aliphatic heterocycles. The van der Waals surface area contributed by atoms with E-state index in [0.717, 1.165) is 5.56 Å². The first-order valence-electron chi connectivity index (χ1n) is 6.02. The molecule has 104 valence electrons. The van der Waals surface area contributed by atoms with Gasteiger partial charge in [0.1, 0.15) is 5.75 Å². The molecular weight excluding hydrogens is 262 g/mol. The van der Waals surface area contributed by atoms with Crippen LogP contribution in [-0.2, 0) is 14.3 Å². The monoisotopic (exact) mass is 275 g/mol. The minimum absolute atomic E-state index is 0.238. The van der Waals surface area contributed by atoms with E-state index < -0.39 is 12.1 Å². The summed E-state index contributed by atoms with van der Waals surface area (Å²) in [4.78, 5) is 26.5. The minimum Gasteiger partial charge on any atom is -0.434 e. The number of carbonyl (C=O) groups is 2. The van der Waals surface area contributed by atoms with Gasteiger partial charge in [0.05, 0.1) is 6.61 Å². The molecule has 1 aromatic carbocycles. The molecule has 1 aliphatic rings. The van der Waals surface area contributed by atoms with Crippen molar-refractivity contribution in [3.8, 4) is 5.75 Å². The van der Waals surface area contributed by atoms with Crippen molar-refractivity contribution < 1.29 is 23.8 Å². The summed E-state index contributed by atoms with van der Waals surface area (Å²) in [6, 6.07) is 6.58. The summed E-state index contributed by atoms with van der Waals surface area (Å²) in [5.41, 5.74) is 0.980. The van der Waals surface area contributed by atoms with Crippen LogP contribution >= 0.6 is 0 Å². The lowest BCUT2D eigenvalue weighted by atomic mass is 10.2. The Morgan fingerprint density at radius 1 is 1.35 bits per heavy atom. The largest absolute Gasteiger partial charge is 0.513 e. The Hall–Kier alpha value is -2.63. The van der Waals surface area contributed by atoms with Crippen LogP contribution in [0.5, 0.6) is 5.75 Å². The third-order valence-electron chi connectivity index (χ3n) is 2.37. The number of ether oxygens (including phenoxy) is 3. The molecular formula is C14H13NO5. The molecule has 0 unspecified atom stereocenters. The SMILES string of the molecule is CCOC(=O)Oc1ccc(/C=C2\N=C(C)OC2=O)cc1. The van der Waals surface area contributed by atoms with Crippen LogP contribution in [0.15, 0.2) is 35.0 Å². The first-order valence-corrected chi connectivity index (χ1v) is 6.02. The first-order chi connectivity index (χ1) is 9.58. The minimum atomic E-state index is -0.752. The van der Waals surface area contributed by atoms with Crippen molar-refractivity contribution in [3.63, 3.8) is 0 Å². The van der Waals surface area contributed by atoms with Gasteiger partial charge >= 0.3 is 12.1 Å². The highest BCUT2D eigenvalue weighted by molar-refractivity contribution is 6.06. The van der Waals surface area contributed by atoms with E-state index in [9.17, 15) is 9.59 Å². The van der Waals surface area contributed by atoms with Crippen molar-refractivity contribution in [3.05, 3.63) is 35.5 Å². The van der Waals surface area contributed by atoms with Crippen molar-refractivity contribution in [2.24, 2.45) is 4.99 Å². The second-order valence-corrected chi connectivity index (χ2v) is 3.90. The van der Waals surface area contributed by atoms with Crippen LogP contribution in [0.1, 0.15) is 19.4 Å².